The van der Waals surface area contributed by atoms with E-state index in [0.29, 0.717) is 0 Å². The van der Waals surface area contributed by atoms with E-state index in [9.17, 15) is 0 Å². The van der Waals surface area contributed by atoms with Gasteiger partial charge in [-0.3, -0.25) is 0 Å². The Labute approximate surface area is 543 Å². The van der Waals surface area contributed by atoms with Crippen LogP contribution >= 0.6 is 0 Å². The molecule has 3 aliphatic heterocycles. The van der Waals surface area contributed by atoms with Gasteiger partial charge in [0.05, 0.1) is 11.2 Å². The van der Waals surface area contributed by atoms with Gasteiger partial charge < -0.3 is 19.6 Å². The molecular formula is C85H103BN4. The Kier molecular flexibility index (Phi) is 14.1. The second-order valence-electron chi connectivity index (χ2n) is 35.1. The molecular weight excluding hydrogens is 1090 g/mol. The summed E-state index contributed by atoms with van der Waals surface area (Å²) in [7, 11) is 0. The quantitative estimate of drug-likeness (QED) is 0.147. The van der Waals surface area contributed by atoms with E-state index in [4.69, 9.17) is 0 Å². The zero-order chi connectivity index (χ0) is 64.6. The molecule has 2 aliphatic carbocycles. The molecule has 90 heavy (non-hydrogen) atoms. The third-order valence-electron chi connectivity index (χ3n) is 22.8. The predicted octanol–water partition coefficient (Wildman–Crippen LogP) is 22.1. The molecule has 5 heteroatoms. The number of nitrogens with zero attached hydrogens (tertiary/aromatic N) is 4. The van der Waals surface area contributed by atoms with Crippen molar-refractivity contribution in [1.82, 2.24) is 0 Å². The van der Waals surface area contributed by atoms with Crippen molar-refractivity contribution in [3.05, 3.63) is 202 Å². The van der Waals surface area contributed by atoms with Crippen LogP contribution in [0, 0.1) is 6.92 Å². The molecule has 0 radical (unpaired) electrons. The topological polar surface area (TPSA) is 13.0 Å². The highest BCUT2D eigenvalue weighted by atomic mass is 15.3. The van der Waals surface area contributed by atoms with Crippen molar-refractivity contribution in [2.75, 3.05) is 19.6 Å². The highest BCUT2D eigenvalue weighted by Crippen LogP contribution is 2.63. The Bertz CT molecular complexity index is 4010. The third-order valence-corrected chi connectivity index (χ3v) is 22.8. The summed E-state index contributed by atoms with van der Waals surface area (Å²) in [6.45, 7) is 52.8. The molecule has 5 aliphatic rings. The fraction of sp³-hybridized carbons (Fsp3) is 0.435. The number of anilines is 11. The smallest absolute Gasteiger partial charge is 0.252 e. The van der Waals surface area contributed by atoms with Crippen LogP contribution < -0.4 is 36.0 Å². The van der Waals surface area contributed by atoms with Gasteiger partial charge in [0.15, 0.2) is 0 Å². The van der Waals surface area contributed by atoms with Gasteiger partial charge in [-0.15, -0.1) is 0 Å². The Morgan fingerprint density at radius 3 is 1.21 bits per heavy atom. The molecule has 0 spiro atoms. The van der Waals surface area contributed by atoms with Gasteiger partial charge in [-0.25, -0.2) is 0 Å². The van der Waals surface area contributed by atoms with Gasteiger partial charge in [0, 0.05) is 62.3 Å². The van der Waals surface area contributed by atoms with Crippen LogP contribution in [0.25, 0.3) is 0 Å². The van der Waals surface area contributed by atoms with Gasteiger partial charge in [-0.1, -0.05) is 224 Å². The predicted molar refractivity (Wildman–Crippen MR) is 391 cm³/mol. The fourth-order valence-electron chi connectivity index (χ4n) is 16.6. The summed E-state index contributed by atoms with van der Waals surface area (Å²) in [5.41, 5.74) is 29.9. The fourth-order valence-corrected chi connectivity index (χ4v) is 16.6. The molecule has 8 aromatic rings. The molecule has 4 nitrogen and oxygen atoms in total. The van der Waals surface area contributed by atoms with Crippen LogP contribution in [-0.4, -0.2) is 12.3 Å². The maximum Gasteiger partial charge on any atom is 0.252 e. The van der Waals surface area contributed by atoms with Crippen molar-refractivity contribution in [3.8, 4) is 0 Å². The van der Waals surface area contributed by atoms with E-state index in [2.05, 4.69) is 324 Å². The molecule has 0 aromatic heterocycles. The maximum absolute atomic E-state index is 2.94. The number of fused-ring (bicyclic) bond motifs is 8. The summed E-state index contributed by atoms with van der Waals surface area (Å²) >= 11 is 0. The van der Waals surface area contributed by atoms with E-state index in [1.54, 1.807) is 0 Å². The minimum atomic E-state index is -0.179. The van der Waals surface area contributed by atoms with E-state index in [0.717, 1.165) is 54.1 Å². The lowest BCUT2D eigenvalue weighted by Crippen LogP contribution is -2.64. The number of hydrogen-bond donors (Lipinski definition) is 0. The Morgan fingerprint density at radius 2 is 0.756 bits per heavy atom. The first-order chi connectivity index (χ1) is 41.9. The second-order valence-corrected chi connectivity index (χ2v) is 35.1. The molecule has 466 valence electrons. The average Bonchev–Trinajstić information content (AvgIpc) is 1.43. The lowest BCUT2D eigenvalue weighted by Gasteiger charge is -2.53. The van der Waals surface area contributed by atoms with Crippen molar-refractivity contribution in [2.24, 2.45) is 0 Å². The molecule has 8 aromatic carbocycles. The van der Waals surface area contributed by atoms with Crippen LogP contribution in [0.5, 0.6) is 0 Å². The van der Waals surface area contributed by atoms with E-state index in [1.807, 2.05) is 0 Å². The zero-order valence-corrected chi connectivity index (χ0v) is 59.0. The number of hydrogen-bond acceptors (Lipinski definition) is 4. The molecule has 0 bridgehead atoms. The Hall–Kier alpha value is -6.98. The first kappa shape index (κ1) is 61.9. The highest BCUT2D eigenvalue weighted by molar-refractivity contribution is 7.00. The molecule has 13 rings (SSSR count). The van der Waals surface area contributed by atoms with Crippen molar-refractivity contribution in [1.29, 1.82) is 0 Å². The van der Waals surface area contributed by atoms with E-state index in [1.165, 1.54) is 113 Å². The normalized spacial score (nSPS) is 19.8. The number of aryl methyl sites for hydroxylation is 1. The molecule has 1 saturated carbocycles. The van der Waals surface area contributed by atoms with Crippen LogP contribution in [0.3, 0.4) is 0 Å². The van der Waals surface area contributed by atoms with Crippen LogP contribution in [0.1, 0.15) is 234 Å². The lowest BCUT2D eigenvalue weighted by molar-refractivity contribution is 0.195. The minimum absolute atomic E-state index is 0.00309. The summed E-state index contributed by atoms with van der Waals surface area (Å²) < 4.78 is 0. The maximum atomic E-state index is 2.94. The standard InChI is InChI=1S/C85H103BN4/c1-54-47-66-67(83(19,20)46-45-82(66,17)18)53-71(54)89-72-50-64(87(60-33-25-55(26-34-60)77(2,3)4)61-35-27-56(28-36-61)78(5,6)7)41-42-69(72)86-70-49-59(81(14,15)16)48-68-76(70)90(85(22)44-24-23-43-84(68,85)21)74-52-65(51-73(89)75(74)86)88(62-37-29-57(30-38-62)79(8,9)10)63-39-31-58(32-40-63)80(11,12)13/h25-42,47-53H,23-24,43-46H2,1-22H3. The van der Waals surface area contributed by atoms with Gasteiger partial charge in [0.2, 0.25) is 0 Å². The molecule has 1 fully saturated rings. The van der Waals surface area contributed by atoms with Gasteiger partial charge in [-0.2, -0.15) is 0 Å². The van der Waals surface area contributed by atoms with Gasteiger partial charge in [0.25, 0.3) is 6.71 Å². The van der Waals surface area contributed by atoms with Crippen LogP contribution in [0.4, 0.5) is 62.6 Å². The van der Waals surface area contributed by atoms with Crippen LogP contribution in [-0.2, 0) is 43.3 Å². The van der Waals surface area contributed by atoms with Crippen molar-refractivity contribution < 1.29 is 0 Å². The number of benzene rings is 8. The Morgan fingerprint density at radius 1 is 0.356 bits per heavy atom. The van der Waals surface area contributed by atoms with Crippen molar-refractivity contribution >= 4 is 85.7 Å². The van der Waals surface area contributed by atoms with Crippen molar-refractivity contribution in [3.63, 3.8) is 0 Å². The lowest BCUT2D eigenvalue weighted by atomic mass is 9.33. The largest absolute Gasteiger partial charge is 0.335 e. The molecule has 2 atom stereocenters. The summed E-state index contributed by atoms with van der Waals surface area (Å²) in [5, 5.41) is 0. The van der Waals surface area contributed by atoms with Crippen LogP contribution in [0.15, 0.2) is 152 Å². The summed E-state index contributed by atoms with van der Waals surface area (Å²) in [6, 6.07) is 61.3. The van der Waals surface area contributed by atoms with Gasteiger partial charge >= 0.3 is 0 Å². The van der Waals surface area contributed by atoms with E-state index >= 15 is 0 Å². The van der Waals surface area contributed by atoms with Gasteiger partial charge in [0.1, 0.15) is 0 Å². The summed E-state index contributed by atoms with van der Waals surface area (Å²) in [6.07, 6.45) is 7.03. The third kappa shape index (κ3) is 9.89. The van der Waals surface area contributed by atoms with E-state index in [-0.39, 0.29) is 55.6 Å². The average molecular weight is 1190 g/mol. The van der Waals surface area contributed by atoms with Crippen LogP contribution in [0.2, 0.25) is 0 Å². The van der Waals surface area contributed by atoms with E-state index < -0.39 is 0 Å². The monoisotopic (exact) mass is 1190 g/mol. The summed E-state index contributed by atoms with van der Waals surface area (Å²) in [4.78, 5) is 10.8. The molecule has 2 unspecified atom stereocenters. The molecule has 0 saturated heterocycles. The zero-order valence-electron chi connectivity index (χ0n) is 59.0. The second kappa shape index (κ2) is 20.5. The Balaban J connectivity index is 1.17. The van der Waals surface area contributed by atoms with Crippen molar-refractivity contribution in [2.45, 2.75) is 240 Å². The first-order valence-electron chi connectivity index (χ1n) is 34.2. The molecule has 3 heterocycles. The molecule has 0 amide bonds. The molecule has 0 N–H and O–H groups in total. The summed E-state index contributed by atoms with van der Waals surface area (Å²) in [5.74, 6) is 0. The minimum Gasteiger partial charge on any atom is -0.335 e. The highest BCUT2D eigenvalue weighted by Gasteiger charge is 2.62. The SMILES string of the molecule is Cc1cc2c(cc1N1c3cc(N(c4ccc(C(C)(C)C)cc4)c4ccc(C(C)(C)C)cc4)ccc3B3c4cc(C(C)(C)C)cc5c4N(c4cc(N(c6ccc(C(C)(C)C)cc6)c6ccc(C(C)(C)C)cc6)cc1c43)C1(C)CCCCC51C)C(C)(C)CCC2(C)C. The first-order valence-corrected chi connectivity index (χ1v) is 34.2. The van der Waals surface area contributed by atoms with Gasteiger partial charge in [-0.05, 0) is 223 Å². The number of rotatable bonds is 7.